The van der Waals surface area contributed by atoms with Crippen LogP contribution in [0.2, 0.25) is 0 Å². The molecule has 0 aliphatic heterocycles. The summed E-state index contributed by atoms with van der Waals surface area (Å²) in [5.74, 6) is 0.514. The van der Waals surface area contributed by atoms with Gasteiger partial charge in [-0.05, 0) is 25.5 Å². The van der Waals surface area contributed by atoms with Crippen LogP contribution in [-0.4, -0.2) is 12.8 Å². The molecule has 0 amide bonds. The molecule has 0 saturated heterocycles. The second-order valence-corrected chi connectivity index (χ2v) is 2.95. The molecule has 80 valence electrons. The van der Waals surface area contributed by atoms with Gasteiger partial charge in [0.25, 0.3) is 0 Å². The van der Waals surface area contributed by atoms with Gasteiger partial charge in [0.2, 0.25) is 0 Å². The van der Waals surface area contributed by atoms with E-state index in [-0.39, 0.29) is 0 Å². The molecular weight excluding hydrogens is 192 g/mol. The zero-order valence-corrected chi connectivity index (χ0v) is 8.90. The van der Waals surface area contributed by atoms with E-state index in [9.17, 15) is 4.79 Å². The fourth-order valence-electron chi connectivity index (χ4n) is 1.09. The van der Waals surface area contributed by atoms with Crippen LogP contribution in [0.1, 0.15) is 19.4 Å². The second kappa shape index (κ2) is 5.86. The van der Waals surface area contributed by atoms with Gasteiger partial charge in [-0.3, -0.25) is 0 Å². The van der Waals surface area contributed by atoms with Crippen LogP contribution in [0.3, 0.4) is 0 Å². The van der Waals surface area contributed by atoms with Gasteiger partial charge < -0.3 is 9.47 Å². The third-order valence-corrected chi connectivity index (χ3v) is 1.68. The molecule has 0 bridgehead atoms. The maximum absolute atomic E-state index is 11.0. The van der Waals surface area contributed by atoms with Crippen LogP contribution < -0.4 is 0 Å². The zero-order chi connectivity index (χ0) is 11.1. The van der Waals surface area contributed by atoms with E-state index in [4.69, 9.17) is 4.74 Å². The highest BCUT2D eigenvalue weighted by atomic mass is 16.7. The predicted octanol–water partition coefficient (Wildman–Crippen LogP) is 3.22. The van der Waals surface area contributed by atoms with Crippen molar-refractivity contribution in [3.05, 3.63) is 41.7 Å². The summed E-state index contributed by atoms with van der Waals surface area (Å²) in [6, 6.07) is 9.63. The third-order valence-electron chi connectivity index (χ3n) is 1.68. The Morgan fingerprint density at radius 1 is 1.33 bits per heavy atom. The molecule has 3 nitrogen and oxygen atoms in total. The molecule has 1 rings (SSSR count). The number of carbonyl (C=O) groups excluding carboxylic acids is 1. The van der Waals surface area contributed by atoms with E-state index in [1.807, 2.05) is 30.3 Å². The number of carbonyl (C=O) groups is 1. The minimum Gasteiger partial charge on any atom is -0.434 e. The van der Waals surface area contributed by atoms with Crippen LogP contribution in [0.25, 0.3) is 6.08 Å². The summed E-state index contributed by atoms with van der Waals surface area (Å²) in [5, 5.41) is 0. The van der Waals surface area contributed by atoms with Crippen LogP contribution in [0.5, 0.6) is 0 Å². The van der Waals surface area contributed by atoms with E-state index in [0.29, 0.717) is 12.4 Å². The Kier molecular flexibility index (Phi) is 4.41. The molecule has 0 fully saturated rings. The van der Waals surface area contributed by atoms with E-state index in [1.54, 1.807) is 19.9 Å². The number of allylic oxidation sites excluding steroid dienone is 1. The third kappa shape index (κ3) is 4.31. The number of benzene rings is 1. The smallest absolute Gasteiger partial charge is 0.434 e. The van der Waals surface area contributed by atoms with E-state index >= 15 is 0 Å². The summed E-state index contributed by atoms with van der Waals surface area (Å²) in [6.45, 7) is 3.76. The highest BCUT2D eigenvalue weighted by Gasteiger charge is 2.02. The molecule has 1 aromatic rings. The van der Waals surface area contributed by atoms with E-state index in [0.717, 1.165) is 5.56 Å². The van der Waals surface area contributed by atoms with Gasteiger partial charge in [-0.15, -0.1) is 0 Å². The number of rotatable bonds is 3. The molecule has 0 N–H and O–H groups in total. The first-order valence-electron chi connectivity index (χ1n) is 4.80. The molecule has 0 aliphatic carbocycles. The van der Waals surface area contributed by atoms with Gasteiger partial charge in [0.15, 0.2) is 0 Å². The Morgan fingerprint density at radius 3 is 2.60 bits per heavy atom. The summed E-state index contributed by atoms with van der Waals surface area (Å²) in [5.41, 5.74) is 0.985. The highest BCUT2D eigenvalue weighted by Crippen LogP contribution is 2.07. The predicted molar refractivity (Wildman–Crippen MR) is 58.2 cm³/mol. The standard InChI is InChI=1S/C12H14O3/c1-3-14-12(13)15-10(2)9-11-7-5-4-6-8-11/h4-9H,3H2,1-2H3/b10-9+. The normalized spacial score (nSPS) is 10.9. The van der Waals surface area contributed by atoms with Crippen molar-refractivity contribution in [1.82, 2.24) is 0 Å². The minimum absolute atomic E-state index is 0.317. The van der Waals surface area contributed by atoms with E-state index < -0.39 is 6.16 Å². The molecule has 0 unspecified atom stereocenters. The van der Waals surface area contributed by atoms with Gasteiger partial charge in [0, 0.05) is 0 Å². The first-order valence-corrected chi connectivity index (χ1v) is 4.80. The fourth-order valence-corrected chi connectivity index (χ4v) is 1.09. The molecule has 3 heteroatoms. The molecule has 0 heterocycles. The summed E-state index contributed by atoms with van der Waals surface area (Å²) in [4.78, 5) is 11.0. The summed E-state index contributed by atoms with van der Waals surface area (Å²) >= 11 is 0. The van der Waals surface area contributed by atoms with Gasteiger partial charge >= 0.3 is 6.16 Å². The number of hydrogen-bond acceptors (Lipinski definition) is 3. The highest BCUT2D eigenvalue weighted by molar-refractivity contribution is 5.63. The summed E-state index contributed by atoms with van der Waals surface area (Å²) < 4.78 is 9.54. The topological polar surface area (TPSA) is 35.5 Å². The van der Waals surface area contributed by atoms with Crippen molar-refractivity contribution in [1.29, 1.82) is 0 Å². The van der Waals surface area contributed by atoms with Crippen molar-refractivity contribution in [2.24, 2.45) is 0 Å². The number of hydrogen-bond donors (Lipinski definition) is 0. The lowest BCUT2D eigenvalue weighted by Crippen LogP contribution is -2.05. The minimum atomic E-state index is -0.665. The van der Waals surface area contributed by atoms with Crippen molar-refractivity contribution in [2.45, 2.75) is 13.8 Å². The molecule has 0 aliphatic rings. The second-order valence-electron chi connectivity index (χ2n) is 2.95. The maximum Gasteiger partial charge on any atom is 0.513 e. The van der Waals surface area contributed by atoms with Gasteiger partial charge in [-0.1, -0.05) is 30.3 Å². The van der Waals surface area contributed by atoms with Gasteiger partial charge in [-0.25, -0.2) is 4.79 Å². The summed E-state index contributed by atoms with van der Waals surface area (Å²) in [7, 11) is 0. The Bertz CT molecular complexity index is 341. The van der Waals surface area contributed by atoms with Crippen molar-refractivity contribution in [2.75, 3.05) is 6.61 Å². The van der Waals surface area contributed by atoms with Crippen LogP contribution in [0.4, 0.5) is 4.79 Å². The summed E-state index contributed by atoms with van der Waals surface area (Å²) in [6.07, 6.45) is 1.11. The monoisotopic (exact) mass is 206 g/mol. The van der Waals surface area contributed by atoms with Crippen molar-refractivity contribution in [3.8, 4) is 0 Å². The van der Waals surface area contributed by atoms with Gasteiger partial charge in [0.05, 0.1) is 6.61 Å². The Morgan fingerprint density at radius 2 is 2.00 bits per heavy atom. The van der Waals surface area contributed by atoms with Gasteiger partial charge in [0.1, 0.15) is 5.76 Å². The van der Waals surface area contributed by atoms with Crippen molar-refractivity contribution in [3.63, 3.8) is 0 Å². The van der Waals surface area contributed by atoms with Crippen molar-refractivity contribution < 1.29 is 14.3 Å². The lowest BCUT2D eigenvalue weighted by molar-refractivity contribution is 0.0826. The van der Waals surface area contributed by atoms with Crippen LogP contribution in [0, 0.1) is 0 Å². The van der Waals surface area contributed by atoms with E-state index in [2.05, 4.69) is 4.74 Å². The molecule has 15 heavy (non-hydrogen) atoms. The molecule has 0 saturated carbocycles. The molecule has 0 radical (unpaired) electrons. The lowest BCUT2D eigenvalue weighted by atomic mass is 10.2. The SMILES string of the molecule is CCOC(=O)O/C(C)=C/c1ccccc1. The zero-order valence-electron chi connectivity index (χ0n) is 8.90. The number of ether oxygens (including phenoxy) is 2. The van der Waals surface area contributed by atoms with Crippen molar-refractivity contribution >= 4 is 12.2 Å². The fraction of sp³-hybridized carbons (Fsp3) is 0.250. The maximum atomic E-state index is 11.0. The molecule has 0 atom stereocenters. The van der Waals surface area contributed by atoms with Gasteiger partial charge in [-0.2, -0.15) is 0 Å². The largest absolute Gasteiger partial charge is 0.513 e. The van der Waals surface area contributed by atoms with Crippen LogP contribution in [-0.2, 0) is 9.47 Å². The average Bonchev–Trinajstić information content (AvgIpc) is 2.19. The first-order chi connectivity index (χ1) is 7.22. The van der Waals surface area contributed by atoms with Crippen LogP contribution >= 0.6 is 0 Å². The first kappa shape index (κ1) is 11.3. The quantitative estimate of drug-likeness (QED) is 0.562. The van der Waals surface area contributed by atoms with Crippen LogP contribution in [0.15, 0.2) is 36.1 Å². The Balaban J connectivity index is 2.57. The average molecular weight is 206 g/mol. The lowest BCUT2D eigenvalue weighted by Gasteiger charge is -2.03. The Hall–Kier alpha value is -1.77. The molecule has 0 spiro atoms. The molecule has 1 aromatic carbocycles. The van der Waals surface area contributed by atoms with E-state index in [1.165, 1.54) is 0 Å². The molecule has 0 aromatic heterocycles. The Labute approximate surface area is 89.3 Å². The molecular formula is C12H14O3.